The number of anilines is 2. The molecule has 0 atom stereocenters. The van der Waals surface area contributed by atoms with Crippen molar-refractivity contribution in [3.8, 4) is 0 Å². The number of nitrogens with one attached hydrogen (secondary N) is 2. The summed E-state index contributed by atoms with van der Waals surface area (Å²) >= 11 is 0.826. The molecule has 116 valence electrons. The Labute approximate surface area is 120 Å². The first kappa shape index (κ1) is 16.8. The van der Waals surface area contributed by atoms with E-state index in [-0.39, 0.29) is 22.5 Å². The predicted molar refractivity (Wildman–Crippen MR) is 69.2 cm³/mol. The quantitative estimate of drug-likeness (QED) is 0.456. The lowest BCUT2D eigenvalue weighted by atomic mass is 10.5. The van der Waals surface area contributed by atoms with Crippen LogP contribution in [-0.4, -0.2) is 40.4 Å². The SMILES string of the molecule is Nc1cc(N)nc(SCC(=O)NC(=O)NCC(F)(F)F)n1. The van der Waals surface area contributed by atoms with Crippen LogP contribution in [0.5, 0.6) is 0 Å². The molecule has 0 saturated carbocycles. The molecule has 0 aliphatic rings. The van der Waals surface area contributed by atoms with E-state index in [1.54, 1.807) is 5.32 Å². The Morgan fingerprint density at radius 2 is 1.81 bits per heavy atom. The highest BCUT2D eigenvalue weighted by Gasteiger charge is 2.27. The second-order valence-corrected chi connectivity index (χ2v) is 4.58. The van der Waals surface area contributed by atoms with Crippen LogP contribution in [0.25, 0.3) is 0 Å². The number of halogens is 3. The summed E-state index contributed by atoms with van der Waals surface area (Å²) in [6.45, 7) is -1.53. The van der Waals surface area contributed by atoms with Crippen molar-refractivity contribution < 1.29 is 22.8 Å². The minimum absolute atomic E-state index is 0.105. The van der Waals surface area contributed by atoms with E-state index < -0.39 is 24.7 Å². The molecule has 1 heterocycles. The smallest absolute Gasteiger partial charge is 0.383 e. The zero-order chi connectivity index (χ0) is 16.0. The first-order chi connectivity index (χ1) is 9.65. The zero-order valence-corrected chi connectivity index (χ0v) is 11.2. The number of carbonyl (C=O) groups excluding carboxylic acids is 2. The van der Waals surface area contributed by atoms with Gasteiger partial charge in [-0.15, -0.1) is 0 Å². The molecule has 0 saturated heterocycles. The number of carbonyl (C=O) groups is 2. The lowest BCUT2D eigenvalue weighted by Gasteiger charge is -2.08. The van der Waals surface area contributed by atoms with Crippen LogP contribution in [0.15, 0.2) is 11.2 Å². The maximum absolute atomic E-state index is 11.8. The van der Waals surface area contributed by atoms with Gasteiger partial charge in [0.25, 0.3) is 0 Å². The number of hydrogen-bond donors (Lipinski definition) is 4. The molecule has 1 rings (SSSR count). The van der Waals surface area contributed by atoms with E-state index in [0.717, 1.165) is 11.8 Å². The summed E-state index contributed by atoms with van der Waals surface area (Å²) in [5.41, 5.74) is 10.8. The van der Waals surface area contributed by atoms with Crippen molar-refractivity contribution in [3.05, 3.63) is 6.07 Å². The number of nitrogens with zero attached hydrogens (tertiary/aromatic N) is 2. The number of alkyl halides is 3. The summed E-state index contributed by atoms with van der Waals surface area (Å²) in [6.07, 6.45) is -4.55. The largest absolute Gasteiger partial charge is 0.405 e. The van der Waals surface area contributed by atoms with Gasteiger partial charge in [-0.05, 0) is 0 Å². The number of nitrogens with two attached hydrogens (primary N) is 2. The predicted octanol–water partition coefficient (Wildman–Crippen LogP) is 0.121. The van der Waals surface area contributed by atoms with Gasteiger partial charge in [-0.1, -0.05) is 11.8 Å². The van der Waals surface area contributed by atoms with Crippen LogP contribution < -0.4 is 22.1 Å². The Balaban J connectivity index is 2.38. The van der Waals surface area contributed by atoms with Crippen molar-refractivity contribution in [2.45, 2.75) is 11.3 Å². The molecule has 0 spiro atoms. The average molecular weight is 324 g/mol. The van der Waals surface area contributed by atoms with Crippen molar-refractivity contribution in [3.63, 3.8) is 0 Å². The van der Waals surface area contributed by atoms with Gasteiger partial charge in [0.15, 0.2) is 5.16 Å². The molecule has 8 nitrogen and oxygen atoms in total. The van der Waals surface area contributed by atoms with E-state index in [1.807, 2.05) is 0 Å². The number of amides is 3. The maximum atomic E-state index is 11.8. The summed E-state index contributed by atoms with van der Waals surface area (Å²) in [4.78, 5) is 29.9. The van der Waals surface area contributed by atoms with Crippen LogP contribution in [0, 0.1) is 0 Å². The summed E-state index contributed by atoms with van der Waals surface area (Å²) in [7, 11) is 0. The molecule has 0 radical (unpaired) electrons. The van der Waals surface area contributed by atoms with Gasteiger partial charge < -0.3 is 16.8 Å². The lowest BCUT2D eigenvalue weighted by Crippen LogP contribution is -2.43. The molecule has 0 aliphatic carbocycles. The monoisotopic (exact) mass is 324 g/mol. The third kappa shape index (κ3) is 7.20. The first-order valence-electron chi connectivity index (χ1n) is 5.33. The standard InChI is InChI=1S/C9H11F3N6O2S/c10-9(11,12)3-15-7(20)18-6(19)2-21-8-16-4(13)1-5(14)17-8/h1H,2-3H2,(H4,13,14,16,17)(H2,15,18,19,20). The Hall–Kier alpha value is -2.24. The summed E-state index contributed by atoms with van der Waals surface area (Å²) in [5.74, 6) is -0.895. The van der Waals surface area contributed by atoms with E-state index in [1.165, 1.54) is 11.4 Å². The maximum Gasteiger partial charge on any atom is 0.405 e. The van der Waals surface area contributed by atoms with Crippen molar-refractivity contribution in [2.24, 2.45) is 0 Å². The number of urea groups is 1. The molecule has 12 heteroatoms. The highest BCUT2D eigenvalue weighted by Crippen LogP contribution is 2.15. The highest BCUT2D eigenvalue weighted by molar-refractivity contribution is 7.99. The van der Waals surface area contributed by atoms with Gasteiger partial charge >= 0.3 is 12.2 Å². The first-order valence-corrected chi connectivity index (χ1v) is 6.31. The molecule has 0 aliphatic heterocycles. The molecule has 0 fully saturated rings. The molecular weight excluding hydrogens is 313 g/mol. The van der Waals surface area contributed by atoms with Crippen LogP contribution >= 0.6 is 11.8 Å². The average Bonchev–Trinajstić information content (AvgIpc) is 2.32. The van der Waals surface area contributed by atoms with E-state index in [9.17, 15) is 22.8 Å². The number of imide groups is 1. The topological polar surface area (TPSA) is 136 Å². The van der Waals surface area contributed by atoms with Crippen LogP contribution in [0.1, 0.15) is 0 Å². The molecule has 3 amide bonds. The van der Waals surface area contributed by atoms with Gasteiger partial charge in [0.1, 0.15) is 18.2 Å². The van der Waals surface area contributed by atoms with Crippen molar-refractivity contribution in [1.82, 2.24) is 20.6 Å². The minimum Gasteiger partial charge on any atom is -0.383 e. The van der Waals surface area contributed by atoms with Crippen LogP contribution in [-0.2, 0) is 4.79 Å². The fourth-order valence-electron chi connectivity index (χ4n) is 1.04. The normalized spacial score (nSPS) is 11.0. The number of nitrogen functional groups attached to an aromatic ring is 2. The molecule has 6 N–H and O–H groups in total. The fourth-order valence-corrected chi connectivity index (χ4v) is 1.72. The molecule has 1 aromatic heterocycles. The number of thioether (sulfide) groups is 1. The number of rotatable bonds is 4. The van der Waals surface area contributed by atoms with E-state index in [4.69, 9.17) is 11.5 Å². The van der Waals surface area contributed by atoms with Gasteiger partial charge in [0, 0.05) is 6.07 Å². The zero-order valence-electron chi connectivity index (χ0n) is 10.4. The van der Waals surface area contributed by atoms with Gasteiger partial charge in [-0.3, -0.25) is 10.1 Å². The highest BCUT2D eigenvalue weighted by atomic mass is 32.2. The summed E-state index contributed by atoms with van der Waals surface area (Å²) in [5, 5.41) is 3.33. The Bertz CT molecular complexity index is 518. The molecule has 0 unspecified atom stereocenters. The number of hydrogen-bond acceptors (Lipinski definition) is 7. The van der Waals surface area contributed by atoms with Crippen LogP contribution in [0.3, 0.4) is 0 Å². The summed E-state index contributed by atoms with van der Waals surface area (Å²) < 4.78 is 35.5. The van der Waals surface area contributed by atoms with Gasteiger partial charge in [0.05, 0.1) is 5.75 Å². The molecule has 21 heavy (non-hydrogen) atoms. The van der Waals surface area contributed by atoms with E-state index in [0.29, 0.717) is 0 Å². The Morgan fingerprint density at radius 3 is 2.33 bits per heavy atom. The van der Waals surface area contributed by atoms with Gasteiger partial charge in [-0.25, -0.2) is 14.8 Å². The van der Waals surface area contributed by atoms with Gasteiger partial charge in [0.2, 0.25) is 5.91 Å². The van der Waals surface area contributed by atoms with E-state index >= 15 is 0 Å². The Morgan fingerprint density at radius 1 is 1.24 bits per heavy atom. The van der Waals surface area contributed by atoms with E-state index in [2.05, 4.69) is 9.97 Å². The van der Waals surface area contributed by atoms with Crippen LogP contribution in [0.4, 0.5) is 29.6 Å². The van der Waals surface area contributed by atoms with Crippen molar-refractivity contribution in [1.29, 1.82) is 0 Å². The van der Waals surface area contributed by atoms with Gasteiger partial charge in [-0.2, -0.15) is 13.2 Å². The Kier molecular flexibility index (Phi) is 5.58. The third-order valence-electron chi connectivity index (χ3n) is 1.78. The second kappa shape index (κ2) is 6.97. The third-order valence-corrected chi connectivity index (χ3v) is 2.63. The van der Waals surface area contributed by atoms with Crippen LogP contribution in [0.2, 0.25) is 0 Å². The van der Waals surface area contributed by atoms with Crippen molar-refractivity contribution in [2.75, 3.05) is 23.8 Å². The molecular formula is C9H11F3N6O2S. The molecule has 1 aromatic rings. The lowest BCUT2D eigenvalue weighted by molar-refractivity contribution is -0.124. The molecule has 0 aromatic carbocycles. The fraction of sp³-hybridized carbons (Fsp3) is 0.333. The number of aromatic nitrogens is 2. The second-order valence-electron chi connectivity index (χ2n) is 3.63. The van der Waals surface area contributed by atoms with Crippen molar-refractivity contribution >= 4 is 35.3 Å². The summed E-state index contributed by atoms with van der Waals surface area (Å²) in [6, 6.07) is 0.0697. The molecule has 0 bridgehead atoms. The minimum atomic E-state index is -4.55.